The summed E-state index contributed by atoms with van der Waals surface area (Å²) in [5.41, 5.74) is 7.73. The molecule has 0 aliphatic heterocycles. The highest BCUT2D eigenvalue weighted by Crippen LogP contribution is 2.22. The summed E-state index contributed by atoms with van der Waals surface area (Å²) in [6.45, 7) is 0. The number of H-pyrrole nitrogens is 1. The molecule has 0 aliphatic rings. The SMILES string of the molecule is Nc1ccc2[nH]cc(C(=O)Nc3ccc(Cl)cn3)c2c1. The lowest BCUT2D eigenvalue weighted by atomic mass is 10.1. The highest BCUT2D eigenvalue weighted by Gasteiger charge is 2.12. The van der Waals surface area contributed by atoms with Gasteiger partial charge in [-0.15, -0.1) is 0 Å². The number of carbonyl (C=O) groups excluding carboxylic acids is 1. The summed E-state index contributed by atoms with van der Waals surface area (Å²) in [7, 11) is 0. The summed E-state index contributed by atoms with van der Waals surface area (Å²) in [6, 6.07) is 8.68. The van der Waals surface area contributed by atoms with Crippen LogP contribution in [0.3, 0.4) is 0 Å². The lowest BCUT2D eigenvalue weighted by Crippen LogP contribution is -2.12. The van der Waals surface area contributed by atoms with Crippen LogP contribution in [0.4, 0.5) is 11.5 Å². The number of halogens is 1. The van der Waals surface area contributed by atoms with Gasteiger partial charge in [-0.25, -0.2) is 4.98 Å². The molecule has 0 saturated heterocycles. The molecular formula is C14H11ClN4O. The van der Waals surface area contributed by atoms with Crippen molar-refractivity contribution < 1.29 is 4.79 Å². The molecule has 5 nitrogen and oxygen atoms in total. The molecule has 0 spiro atoms. The molecule has 0 radical (unpaired) electrons. The van der Waals surface area contributed by atoms with Crippen LogP contribution in [-0.4, -0.2) is 15.9 Å². The number of aromatic amines is 1. The third-order valence-electron chi connectivity index (χ3n) is 2.92. The van der Waals surface area contributed by atoms with Gasteiger partial charge in [0.25, 0.3) is 5.91 Å². The molecule has 1 amide bonds. The fourth-order valence-electron chi connectivity index (χ4n) is 1.96. The Bertz CT molecular complexity index is 779. The van der Waals surface area contributed by atoms with Crippen molar-refractivity contribution in [3.63, 3.8) is 0 Å². The van der Waals surface area contributed by atoms with Crippen molar-refractivity contribution in [2.45, 2.75) is 0 Å². The summed E-state index contributed by atoms with van der Waals surface area (Å²) in [5.74, 6) is 0.189. The van der Waals surface area contributed by atoms with Gasteiger partial charge in [0.15, 0.2) is 0 Å². The molecule has 2 aromatic heterocycles. The maximum atomic E-state index is 12.2. The minimum absolute atomic E-state index is 0.253. The van der Waals surface area contributed by atoms with Crippen LogP contribution in [0, 0.1) is 0 Å². The van der Waals surface area contributed by atoms with Gasteiger partial charge in [-0.1, -0.05) is 11.6 Å². The number of hydrogen-bond donors (Lipinski definition) is 3. The van der Waals surface area contributed by atoms with E-state index in [1.165, 1.54) is 6.20 Å². The molecule has 0 bridgehead atoms. The van der Waals surface area contributed by atoms with E-state index in [1.54, 1.807) is 30.5 Å². The first-order chi connectivity index (χ1) is 9.63. The molecule has 100 valence electrons. The number of amides is 1. The number of aromatic nitrogens is 2. The normalized spacial score (nSPS) is 10.7. The minimum atomic E-state index is -0.253. The summed E-state index contributed by atoms with van der Waals surface area (Å²) in [6.07, 6.45) is 3.12. The Balaban J connectivity index is 1.92. The number of fused-ring (bicyclic) bond motifs is 1. The van der Waals surface area contributed by atoms with E-state index in [0.717, 1.165) is 10.9 Å². The van der Waals surface area contributed by atoms with Crippen molar-refractivity contribution >= 4 is 39.9 Å². The maximum absolute atomic E-state index is 12.2. The quantitative estimate of drug-likeness (QED) is 0.633. The predicted molar refractivity (Wildman–Crippen MR) is 79.9 cm³/mol. The predicted octanol–water partition coefficient (Wildman–Crippen LogP) is 3.05. The Morgan fingerprint density at radius 1 is 1.30 bits per heavy atom. The number of nitrogens with one attached hydrogen (secondary N) is 2. The summed E-state index contributed by atoms with van der Waals surface area (Å²) < 4.78 is 0. The van der Waals surface area contributed by atoms with Crippen LogP contribution >= 0.6 is 11.6 Å². The van der Waals surface area contributed by atoms with Crippen LogP contribution in [0.2, 0.25) is 5.02 Å². The molecule has 0 fully saturated rings. The fraction of sp³-hybridized carbons (Fsp3) is 0. The third kappa shape index (κ3) is 2.31. The van der Waals surface area contributed by atoms with Gasteiger partial charge in [0, 0.05) is 29.0 Å². The van der Waals surface area contributed by atoms with E-state index in [2.05, 4.69) is 15.3 Å². The van der Waals surface area contributed by atoms with E-state index in [4.69, 9.17) is 17.3 Å². The molecule has 0 unspecified atom stereocenters. The summed E-state index contributed by atoms with van der Waals surface area (Å²) in [4.78, 5) is 19.3. The first-order valence-corrected chi connectivity index (χ1v) is 6.31. The zero-order chi connectivity index (χ0) is 14.1. The lowest BCUT2D eigenvalue weighted by molar-refractivity contribution is 0.102. The van der Waals surface area contributed by atoms with Crippen molar-refractivity contribution in [1.82, 2.24) is 9.97 Å². The summed E-state index contributed by atoms with van der Waals surface area (Å²) in [5, 5.41) is 4.00. The molecule has 0 aliphatic carbocycles. The first kappa shape index (κ1) is 12.5. The highest BCUT2D eigenvalue weighted by molar-refractivity contribution is 6.30. The number of carbonyl (C=O) groups is 1. The maximum Gasteiger partial charge on any atom is 0.258 e. The van der Waals surface area contributed by atoms with Gasteiger partial charge in [-0.3, -0.25) is 4.79 Å². The molecule has 3 rings (SSSR count). The highest BCUT2D eigenvalue weighted by atomic mass is 35.5. The van der Waals surface area contributed by atoms with E-state index < -0.39 is 0 Å². The Labute approximate surface area is 119 Å². The molecule has 3 aromatic rings. The average Bonchev–Trinajstić information content (AvgIpc) is 2.84. The Morgan fingerprint density at radius 2 is 2.15 bits per heavy atom. The number of nitrogens with two attached hydrogens (primary N) is 1. The number of anilines is 2. The molecule has 4 N–H and O–H groups in total. The first-order valence-electron chi connectivity index (χ1n) is 5.93. The van der Waals surface area contributed by atoms with Gasteiger partial charge >= 0.3 is 0 Å². The zero-order valence-electron chi connectivity index (χ0n) is 10.4. The van der Waals surface area contributed by atoms with Crippen molar-refractivity contribution in [1.29, 1.82) is 0 Å². The van der Waals surface area contributed by atoms with Crippen molar-refractivity contribution in [3.05, 3.63) is 53.3 Å². The zero-order valence-corrected chi connectivity index (χ0v) is 11.1. The van der Waals surface area contributed by atoms with Crippen molar-refractivity contribution in [2.24, 2.45) is 0 Å². The number of nitrogen functional groups attached to an aromatic ring is 1. The van der Waals surface area contributed by atoms with E-state index in [9.17, 15) is 4.79 Å². The molecule has 0 atom stereocenters. The third-order valence-corrected chi connectivity index (χ3v) is 3.14. The van der Waals surface area contributed by atoms with Gasteiger partial charge < -0.3 is 16.0 Å². The smallest absolute Gasteiger partial charge is 0.258 e. The number of hydrogen-bond acceptors (Lipinski definition) is 3. The number of benzene rings is 1. The second-order valence-corrected chi connectivity index (χ2v) is 4.76. The van der Waals surface area contributed by atoms with Gasteiger partial charge in [0.05, 0.1) is 10.6 Å². The van der Waals surface area contributed by atoms with Crippen LogP contribution in [-0.2, 0) is 0 Å². The average molecular weight is 287 g/mol. The molecule has 1 aromatic carbocycles. The minimum Gasteiger partial charge on any atom is -0.399 e. The van der Waals surface area contributed by atoms with E-state index in [0.29, 0.717) is 22.1 Å². The van der Waals surface area contributed by atoms with Crippen LogP contribution in [0.1, 0.15) is 10.4 Å². The van der Waals surface area contributed by atoms with Crippen molar-refractivity contribution in [2.75, 3.05) is 11.1 Å². The van der Waals surface area contributed by atoms with E-state index in [-0.39, 0.29) is 5.91 Å². The van der Waals surface area contributed by atoms with Crippen LogP contribution in [0.5, 0.6) is 0 Å². The lowest BCUT2D eigenvalue weighted by Gasteiger charge is -2.03. The number of rotatable bonds is 2. The number of pyridine rings is 1. The standard InChI is InChI=1S/C14H11ClN4O/c15-8-1-4-13(18-6-8)19-14(20)11-7-17-12-3-2-9(16)5-10(11)12/h1-7,17H,16H2,(H,18,19,20). The van der Waals surface area contributed by atoms with Crippen LogP contribution in [0.15, 0.2) is 42.7 Å². The summed E-state index contributed by atoms with van der Waals surface area (Å²) >= 11 is 5.75. The fourth-order valence-corrected chi connectivity index (χ4v) is 2.07. The van der Waals surface area contributed by atoms with E-state index in [1.807, 2.05) is 6.07 Å². The molecule has 2 heterocycles. The van der Waals surface area contributed by atoms with Gasteiger partial charge in [-0.05, 0) is 30.3 Å². The van der Waals surface area contributed by atoms with E-state index >= 15 is 0 Å². The topological polar surface area (TPSA) is 83.8 Å². The molecule has 6 heteroatoms. The molecule has 20 heavy (non-hydrogen) atoms. The van der Waals surface area contributed by atoms with Gasteiger partial charge in [0.1, 0.15) is 5.82 Å². The Kier molecular flexibility index (Phi) is 3.04. The second kappa shape index (κ2) is 4.86. The van der Waals surface area contributed by atoms with Crippen LogP contribution < -0.4 is 11.1 Å². The number of nitrogens with zero attached hydrogens (tertiary/aromatic N) is 1. The molecular weight excluding hydrogens is 276 g/mol. The molecule has 0 saturated carbocycles. The van der Waals surface area contributed by atoms with Crippen LogP contribution in [0.25, 0.3) is 10.9 Å². The largest absolute Gasteiger partial charge is 0.399 e. The van der Waals surface area contributed by atoms with Gasteiger partial charge in [0.2, 0.25) is 0 Å². The Morgan fingerprint density at radius 3 is 2.90 bits per heavy atom. The Hall–Kier alpha value is -2.53. The monoisotopic (exact) mass is 286 g/mol. The van der Waals surface area contributed by atoms with Crippen molar-refractivity contribution in [3.8, 4) is 0 Å². The second-order valence-electron chi connectivity index (χ2n) is 4.32. The van der Waals surface area contributed by atoms with Gasteiger partial charge in [-0.2, -0.15) is 0 Å².